The molecule has 0 amide bonds. The minimum Gasteiger partial charge on any atom is -0.388 e. The van der Waals surface area contributed by atoms with Gasteiger partial charge in [0, 0.05) is 12.5 Å². The Morgan fingerprint density at radius 1 is 1.17 bits per heavy atom. The molecular weight excluding hydrogens is 224 g/mol. The third-order valence-electron chi connectivity index (χ3n) is 4.69. The first kappa shape index (κ1) is 12.2. The van der Waals surface area contributed by atoms with Gasteiger partial charge in [-0.2, -0.15) is 0 Å². The molecule has 1 saturated heterocycles. The fourth-order valence-corrected chi connectivity index (χ4v) is 3.12. The van der Waals surface area contributed by atoms with Crippen molar-refractivity contribution in [1.29, 1.82) is 0 Å². The summed E-state index contributed by atoms with van der Waals surface area (Å²) in [6.45, 7) is 2.84. The highest BCUT2D eigenvalue weighted by atomic mass is 16.5. The van der Waals surface area contributed by atoms with Crippen LogP contribution in [0.1, 0.15) is 55.8 Å². The molecule has 0 spiro atoms. The minimum atomic E-state index is -0.377. The van der Waals surface area contributed by atoms with Gasteiger partial charge >= 0.3 is 0 Å². The average Bonchev–Trinajstić information content (AvgIpc) is 2.73. The second kappa shape index (κ2) is 5.02. The van der Waals surface area contributed by atoms with Crippen LogP contribution in [0.3, 0.4) is 0 Å². The lowest BCUT2D eigenvalue weighted by Gasteiger charge is -2.26. The van der Waals surface area contributed by atoms with Gasteiger partial charge in [-0.1, -0.05) is 30.7 Å². The molecule has 0 radical (unpaired) electrons. The van der Waals surface area contributed by atoms with Crippen molar-refractivity contribution in [2.24, 2.45) is 5.92 Å². The summed E-state index contributed by atoms with van der Waals surface area (Å²) in [5.74, 6) is 1.02. The summed E-state index contributed by atoms with van der Waals surface area (Å²) in [5, 5.41) is 10.4. The molecule has 1 heterocycles. The van der Waals surface area contributed by atoms with Gasteiger partial charge in [0.15, 0.2) is 0 Å². The Bertz CT molecular complexity index is 394. The van der Waals surface area contributed by atoms with E-state index in [4.69, 9.17) is 4.74 Å². The molecule has 1 aliphatic heterocycles. The molecular formula is C16H22O2. The van der Waals surface area contributed by atoms with Crippen LogP contribution in [0.4, 0.5) is 0 Å². The number of aliphatic hydroxyl groups excluding tert-OH is 1. The van der Waals surface area contributed by atoms with Gasteiger partial charge in [0.1, 0.15) is 0 Å². The largest absolute Gasteiger partial charge is 0.388 e. The highest BCUT2D eigenvalue weighted by molar-refractivity contribution is 5.28. The van der Waals surface area contributed by atoms with E-state index >= 15 is 0 Å². The fourth-order valence-electron chi connectivity index (χ4n) is 3.12. The number of aliphatic hydroxyl groups is 1. The van der Waals surface area contributed by atoms with Crippen molar-refractivity contribution in [3.05, 3.63) is 35.4 Å². The molecule has 3 rings (SSSR count). The van der Waals surface area contributed by atoms with Gasteiger partial charge in [0.05, 0.1) is 12.2 Å². The maximum atomic E-state index is 10.4. The van der Waals surface area contributed by atoms with Crippen LogP contribution in [-0.4, -0.2) is 17.8 Å². The molecule has 2 heteroatoms. The fraction of sp³-hybridized carbons (Fsp3) is 0.625. The Hall–Kier alpha value is -0.860. The lowest BCUT2D eigenvalue weighted by Crippen LogP contribution is -2.19. The standard InChI is InChI=1S/C16H22O2/c1-11-15(9-10-18-11)16(17)14-7-5-13(6-8-14)12-3-2-4-12/h5-8,11-12,15-17H,2-4,9-10H2,1H3. The van der Waals surface area contributed by atoms with Crippen molar-refractivity contribution in [3.8, 4) is 0 Å². The van der Waals surface area contributed by atoms with Gasteiger partial charge in [0.25, 0.3) is 0 Å². The summed E-state index contributed by atoms with van der Waals surface area (Å²) < 4.78 is 5.54. The van der Waals surface area contributed by atoms with Crippen molar-refractivity contribution in [2.45, 2.75) is 50.7 Å². The second-order valence-corrected chi connectivity index (χ2v) is 5.77. The maximum absolute atomic E-state index is 10.4. The van der Waals surface area contributed by atoms with E-state index in [9.17, 15) is 5.11 Å². The van der Waals surface area contributed by atoms with Crippen molar-refractivity contribution < 1.29 is 9.84 Å². The molecule has 1 N–H and O–H groups in total. The molecule has 1 aromatic rings. The third-order valence-corrected chi connectivity index (χ3v) is 4.69. The van der Waals surface area contributed by atoms with Gasteiger partial charge in [-0.3, -0.25) is 0 Å². The molecule has 3 unspecified atom stereocenters. The van der Waals surface area contributed by atoms with Crippen molar-refractivity contribution in [1.82, 2.24) is 0 Å². The monoisotopic (exact) mass is 246 g/mol. The molecule has 18 heavy (non-hydrogen) atoms. The van der Waals surface area contributed by atoms with E-state index in [0.717, 1.165) is 24.5 Å². The first-order chi connectivity index (χ1) is 8.75. The second-order valence-electron chi connectivity index (χ2n) is 5.77. The Kier molecular flexibility index (Phi) is 3.40. The summed E-state index contributed by atoms with van der Waals surface area (Å²) in [4.78, 5) is 0. The van der Waals surface area contributed by atoms with Crippen molar-refractivity contribution in [2.75, 3.05) is 6.61 Å². The first-order valence-corrected chi connectivity index (χ1v) is 7.15. The summed E-state index contributed by atoms with van der Waals surface area (Å²) in [6, 6.07) is 8.60. The molecule has 1 aromatic carbocycles. The number of hydrogen-bond acceptors (Lipinski definition) is 2. The van der Waals surface area contributed by atoms with Gasteiger partial charge in [-0.05, 0) is 43.2 Å². The Labute approximate surface area is 109 Å². The summed E-state index contributed by atoms with van der Waals surface area (Å²) in [6.07, 6.45) is 4.79. The maximum Gasteiger partial charge on any atom is 0.0843 e. The molecule has 98 valence electrons. The summed E-state index contributed by atoms with van der Waals surface area (Å²) in [5.41, 5.74) is 2.48. The van der Waals surface area contributed by atoms with Crippen LogP contribution in [-0.2, 0) is 4.74 Å². The number of ether oxygens (including phenoxy) is 1. The quantitative estimate of drug-likeness (QED) is 0.885. The van der Waals surface area contributed by atoms with Crippen LogP contribution in [0.15, 0.2) is 24.3 Å². The predicted molar refractivity (Wildman–Crippen MR) is 71.5 cm³/mol. The molecule has 1 aliphatic carbocycles. The Morgan fingerprint density at radius 2 is 1.89 bits per heavy atom. The van der Waals surface area contributed by atoms with Crippen LogP contribution in [0, 0.1) is 5.92 Å². The predicted octanol–water partition coefficient (Wildman–Crippen LogP) is 3.41. The first-order valence-electron chi connectivity index (χ1n) is 7.15. The molecule has 0 bridgehead atoms. The third kappa shape index (κ3) is 2.19. The van der Waals surface area contributed by atoms with E-state index in [1.165, 1.54) is 24.8 Å². The summed E-state index contributed by atoms with van der Waals surface area (Å²) >= 11 is 0. The topological polar surface area (TPSA) is 29.5 Å². The number of rotatable bonds is 3. The SMILES string of the molecule is CC1OCCC1C(O)c1ccc(C2CCC2)cc1. The van der Waals surface area contributed by atoms with E-state index in [0.29, 0.717) is 0 Å². The smallest absolute Gasteiger partial charge is 0.0843 e. The van der Waals surface area contributed by atoms with E-state index in [1.54, 1.807) is 0 Å². The molecule has 3 atom stereocenters. The summed E-state index contributed by atoms with van der Waals surface area (Å²) in [7, 11) is 0. The van der Waals surface area contributed by atoms with Gasteiger partial charge in [-0.25, -0.2) is 0 Å². The van der Waals surface area contributed by atoms with Crippen LogP contribution >= 0.6 is 0 Å². The van der Waals surface area contributed by atoms with Gasteiger partial charge in [-0.15, -0.1) is 0 Å². The molecule has 2 fully saturated rings. The zero-order valence-electron chi connectivity index (χ0n) is 11.0. The zero-order chi connectivity index (χ0) is 12.5. The van der Waals surface area contributed by atoms with Gasteiger partial charge < -0.3 is 9.84 Å². The Morgan fingerprint density at radius 3 is 2.39 bits per heavy atom. The zero-order valence-corrected chi connectivity index (χ0v) is 11.0. The Balaban J connectivity index is 1.71. The van der Waals surface area contributed by atoms with E-state index < -0.39 is 0 Å². The van der Waals surface area contributed by atoms with Crippen LogP contribution in [0.2, 0.25) is 0 Å². The highest BCUT2D eigenvalue weighted by Crippen LogP contribution is 2.38. The molecule has 1 saturated carbocycles. The van der Waals surface area contributed by atoms with E-state index in [2.05, 4.69) is 31.2 Å². The van der Waals surface area contributed by atoms with Crippen LogP contribution < -0.4 is 0 Å². The van der Waals surface area contributed by atoms with Crippen LogP contribution in [0.5, 0.6) is 0 Å². The number of hydrogen-bond donors (Lipinski definition) is 1. The van der Waals surface area contributed by atoms with Crippen molar-refractivity contribution in [3.63, 3.8) is 0 Å². The molecule has 2 nitrogen and oxygen atoms in total. The molecule has 2 aliphatic rings. The lowest BCUT2D eigenvalue weighted by molar-refractivity contribution is 0.0431. The van der Waals surface area contributed by atoms with E-state index in [1.807, 2.05) is 0 Å². The van der Waals surface area contributed by atoms with Gasteiger partial charge in [0.2, 0.25) is 0 Å². The van der Waals surface area contributed by atoms with Crippen LogP contribution in [0.25, 0.3) is 0 Å². The number of benzene rings is 1. The average molecular weight is 246 g/mol. The van der Waals surface area contributed by atoms with E-state index in [-0.39, 0.29) is 18.1 Å². The molecule has 0 aromatic heterocycles. The van der Waals surface area contributed by atoms with Crippen molar-refractivity contribution >= 4 is 0 Å². The minimum absolute atomic E-state index is 0.173. The lowest BCUT2D eigenvalue weighted by atomic mass is 9.79. The highest BCUT2D eigenvalue weighted by Gasteiger charge is 2.31. The normalized spacial score (nSPS) is 30.1.